The number of nitrogens with one attached hydrogen (secondary N) is 1. The highest BCUT2D eigenvalue weighted by Gasteiger charge is 2.33. The second-order valence-corrected chi connectivity index (χ2v) is 5.50. The molecule has 0 aromatic rings. The molecule has 16 heavy (non-hydrogen) atoms. The molecule has 0 spiro atoms. The molecule has 2 heteroatoms. The molecule has 0 aromatic heterocycles. The van der Waals surface area contributed by atoms with E-state index < -0.39 is 0 Å². The molecule has 90 valence electrons. The summed E-state index contributed by atoms with van der Waals surface area (Å²) >= 11 is 0. The van der Waals surface area contributed by atoms with Gasteiger partial charge in [-0.25, -0.2) is 0 Å². The zero-order chi connectivity index (χ0) is 11.5. The quantitative estimate of drug-likeness (QED) is 0.723. The van der Waals surface area contributed by atoms with Crippen molar-refractivity contribution in [2.75, 3.05) is 0 Å². The number of hydrogen-bond acceptors (Lipinski definition) is 2. The standard InChI is InChI=1S/C14H23NO/c1-3-10(2)6-14(16)9-11-7-12-4-5-13(8-11)15-12/h11-13,15H,2-9H2,1H3. The van der Waals surface area contributed by atoms with Gasteiger partial charge in [-0.3, -0.25) is 4.79 Å². The second-order valence-electron chi connectivity index (χ2n) is 5.50. The van der Waals surface area contributed by atoms with Gasteiger partial charge >= 0.3 is 0 Å². The van der Waals surface area contributed by atoms with Gasteiger partial charge in [0, 0.05) is 24.9 Å². The number of rotatable bonds is 5. The number of piperidine rings is 1. The van der Waals surface area contributed by atoms with Crippen LogP contribution in [0.5, 0.6) is 0 Å². The molecule has 2 aliphatic rings. The van der Waals surface area contributed by atoms with Crippen molar-refractivity contribution >= 4 is 5.78 Å². The Hall–Kier alpha value is -0.630. The van der Waals surface area contributed by atoms with Crippen LogP contribution in [-0.2, 0) is 4.79 Å². The lowest BCUT2D eigenvalue weighted by molar-refractivity contribution is -0.119. The van der Waals surface area contributed by atoms with E-state index in [1.54, 1.807) is 0 Å². The average molecular weight is 221 g/mol. The van der Waals surface area contributed by atoms with Crippen LogP contribution in [0.1, 0.15) is 51.9 Å². The Labute approximate surface area is 98.5 Å². The van der Waals surface area contributed by atoms with Crippen molar-refractivity contribution in [3.05, 3.63) is 12.2 Å². The van der Waals surface area contributed by atoms with Gasteiger partial charge in [0.2, 0.25) is 0 Å². The highest BCUT2D eigenvalue weighted by atomic mass is 16.1. The minimum atomic E-state index is 0.401. The first-order chi connectivity index (χ1) is 7.67. The van der Waals surface area contributed by atoms with Crippen LogP contribution in [-0.4, -0.2) is 17.9 Å². The lowest BCUT2D eigenvalue weighted by Gasteiger charge is -2.28. The molecule has 2 saturated heterocycles. The van der Waals surface area contributed by atoms with E-state index >= 15 is 0 Å². The summed E-state index contributed by atoms with van der Waals surface area (Å²) in [6.45, 7) is 5.99. The number of Topliss-reactive ketones (excluding diaryl/α,β-unsaturated/α-hetero) is 1. The fraction of sp³-hybridized carbons (Fsp3) is 0.786. The van der Waals surface area contributed by atoms with Crippen molar-refractivity contribution in [3.8, 4) is 0 Å². The predicted octanol–water partition coefficient (Wildman–Crippen LogP) is 2.83. The van der Waals surface area contributed by atoms with E-state index in [1.165, 1.54) is 25.7 Å². The number of carbonyl (C=O) groups excluding carboxylic acids is 1. The summed E-state index contributed by atoms with van der Waals surface area (Å²) in [6.07, 6.45) is 7.38. The Morgan fingerprint density at radius 1 is 1.31 bits per heavy atom. The first kappa shape index (κ1) is 11.8. The fourth-order valence-corrected chi connectivity index (χ4v) is 3.14. The summed E-state index contributed by atoms with van der Waals surface area (Å²) in [5.41, 5.74) is 1.09. The average Bonchev–Trinajstić information content (AvgIpc) is 2.57. The summed E-state index contributed by atoms with van der Waals surface area (Å²) in [6, 6.07) is 1.40. The van der Waals surface area contributed by atoms with Crippen molar-refractivity contribution in [3.63, 3.8) is 0 Å². The van der Waals surface area contributed by atoms with Crippen molar-refractivity contribution in [1.29, 1.82) is 0 Å². The van der Waals surface area contributed by atoms with E-state index in [-0.39, 0.29) is 0 Å². The van der Waals surface area contributed by atoms with Crippen LogP contribution >= 0.6 is 0 Å². The van der Waals surface area contributed by atoms with Crippen LogP contribution in [0.4, 0.5) is 0 Å². The molecule has 2 heterocycles. The van der Waals surface area contributed by atoms with Gasteiger partial charge in [0.15, 0.2) is 0 Å². The zero-order valence-electron chi connectivity index (χ0n) is 10.3. The molecule has 0 aliphatic carbocycles. The Morgan fingerprint density at radius 2 is 1.94 bits per heavy atom. The van der Waals surface area contributed by atoms with Gasteiger partial charge in [0.1, 0.15) is 5.78 Å². The molecule has 2 atom stereocenters. The van der Waals surface area contributed by atoms with Crippen molar-refractivity contribution < 1.29 is 4.79 Å². The first-order valence-electron chi connectivity index (χ1n) is 6.61. The van der Waals surface area contributed by atoms with E-state index in [1.807, 2.05) is 0 Å². The summed E-state index contributed by atoms with van der Waals surface area (Å²) in [5, 5.41) is 3.62. The van der Waals surface area contributed by atoms with Gasteiger partial charge in [-0.15, -0.1) is 0 Å². The zero-order valence-corrected chi connectivity index (χ0v) is 10.3. The number of hydrogen-bond donors (Lipinski definition) is 1. The Balaban J connectivity index is 1.77. The number of allylic oxidation sites excluding steroid dienone is 1. The number of carbonyl (C=O) groups is 1. The van der Waals surface area contributed by atoms with Crippen LogP contribution in [0.25, 0.3) is 0 Å². The number of ketones is 1. The molecule has 2 fully saturated rings. The maximum Gasteiger partial charge on any atom is 0.137 e. The predicted molar refractivity (Wildman–Crippen MR) is 66.3 cm³/mol. The third-order valence-corrected chi connectivity index (χ3v) is 4.03. The lowest BCUT2D eigenvalue weighted by atomic mass is 9.87. The molecular formula is C14H23NO. The molecule has 0 radical (unpaired) electrons. The normalized spacial score (nSPS) is 32.7. The summed E-state index contributed by atoms with van der Waals surface area (Å²) < 4.78 is 0. The third-order valence-electron chi connectivity index (χ3n) is 4.03. The minimum Gasteiger partial charge on any atom is -0.311 e. The fourth-order valence-electron chi connectivity index (χ4n) is 3.14. The van der Waals surface area contributed by atoms with Gasteiger partial charge in [-0.1, -0.05) is 19.1 Å². The smallest absolute Gasteiger partial charge is 0.137 e. The largest absolute Gasteiger partial charge is 0.311 e. The van der Waals surface area contributed by atoms with Crippen LogP contribution in [0, 0.1) is 5.92 Å². The van der Waals surface area contributed by atoms with Gasteiger partial charge in [0.05, 0.1) is 0 Å². The van der Waals surface area contributed by atoms with E-state index in [9.17, 15) is 4.79 Å². The highest BCUT2D eigenvalue weighted by molar-refractivity contribution is 5.80. The molecule has 0 saturated carbocycles. The topological polar surface area (TPSA) is 29.1 Å². The molecule has 2 aliphatic heterocycles. The molecular weight excluding hydrogens is 198 g/mol. The van der Waals surface area contributed by atoms with E-state index in [4.69, 9.17) is 0 Å². The second kappa shape index (κ2) is 5.13. The molecule has 2 rings (SSSR count). The molecule has 0 aromatic carbocycles. The van der Waals surface area contributed by atoms with Gasteiger partial charge in [-0.05, 0) is 38.0 Å². The van der Waals surface area contributed by atoms with Crippen molar-refractivity contribution in [2.24, 2.45) is 5.92 Å². The van der Waals surface area contributed by atoms with Crippen molar-refractivity contribution in [2.45, 2.75) is 64.0 Å². The van der Waals surface area contributed by atoms with Gasteiger partial charge in [-0.2, -0.15) is 0 Å². The lowest BCUT2D eigenvalue weighted by Crippen LogP contribution is -2.38. The molecule has 2 bridgehead atoms. The molecule has 1 N–H and O–H groups in total. The third kappa shape index (κ3) is 2.94. The maximum atomic E-state index is 11.8. The first-order valence-corrected chi connectivity index (χ1v) is 6.61. The monoisotopic (exact) mass is 221 g/mol. The van der Waals surface area contributed by atoms with Crippen LogP contribution in [0.3, 0.4) is 0 Å². The Kier molecular flexibility index (Phi) is 3.80. The minimum absolute atomic E-state index is 0.401. The van der Waals surface area contributed by atoms with Crippen LogP contribution in [0.2, 0.25) is 0 Å². The molecule has 0 amide bonds. The Morgan fingerprint density at radius 3 is 2.50 bits per heavy atom. The van der Waals surface area contributed by atoms with Gasteiger partial charge in [0.25, 0.3) is 0 Å². The SMILES string of the molecule is C=C(CC)CC(=O)CC1CC2CCC(C1)N2. The Bertz CT molecular complexity index is 272. The summed E-state index contributed by atoms with van der Waals surface area (Å²) in [4.78, 5) is 11.8. The summed E-state index contributed by atoms with van der Waals surface area (Å²) in [5.74, 6) is 1.04. The van der Waals surface area contributed by atoms with Gasteiger partial charge < -0.3 is 5.32 Å². The molecule has 2 nitrogen and oxygen atoms in total. The van der Waals surface area contributed by atoms with E-state index in [2.05, 4.69) is 18.8 Å². The highest BCUT2D eigenvalue weighted by Crippen LogP contribution is 2.33. The number of fused-ring (bicyclic) bond motifs is 2. The van der Waals surface area contributed by atoms with E-state index in [0.29, 0.717) is 30.2 Å². The molecule has 2 unspecified atom stereocenters. The van der Waals surface area contributed by atoms with Crippen LogP contribution < -0.4 is 5.32 Å². The van der Waals surface area contributed by atoms with Crippen molar-refractivity contribution in [1.82, 2.24) is 5.32 Å². The maximum absolute atomic E-state index is 11.8. The van der Waals surface area contributed by atoms with Crippen LogP contribution in [0.15, 0.2) is 12.2 Å². The summed E-state index contributed by atoms with van der Waals surface area (Å²) in [7, 11) is 0. The van der Waals surface area contributed by atoms with E-state index in [0.717, 1.165) is 18.4 Å².